The van der Waals surface area contributed by atoms with Crippen molar-refractivity contribution in [3.63, 3.8) is 0 Å². The number of amides is 4. The number of hydrogen-bond acceptors (Lipinski definition) is 4. The van der Waals surface area contributed by atoms with Crippen LogP contribution >= 0.6 is 0 Å². The number of carbonyl (C=O) groups is 3. The van der Waals surface area contributed by atoms with E-state index in [-0.39, 0.29) is 38.4 Å². The fourth-order valence-electron chi connectivity index (χ4n) is 3.11. The highest BCUT2D eigenvalue weighted by atomic mass is 16.4. The van der Waals surface area contributed by atoms with E-state index in [1.54, 1.807) is 24.3 Å². The molecule has 1 aromatic carbocycles. The molecule has 2 N–H and O–H groups in total. The lowest BCUT2D eigenvalue weighted by Gasteiger charge is -2.35. The van der Waals surface area contributed by atoms with Gasteiger partial charge in [-0.3, -0.25) is 9.69 Å². The number of carbonyl (C=O) groups excluding carboxylic acids is 2. The van der Waals surface area contributed by atoms with E-state index in [2.05, 4.69) is 5.32 Å². The monoisotopic (exact) mass is 328 g/mol. The highest BCUT2D eigenvalue weighted by Crippen LogP contribution is 2.30. The first-order valence-electron chi connectivity index (χ1n) is 7.56. The van der Waals surface area contributed by atoms with Crippen LogP contribution in [0, 0.1) is 11.3 Å². The molecule has 0 bridgehead atoms. The number of likely N-dealkylation sites (tertiary alicyclic amines) is 1. The minimum Gasteiger partial charge on any atom is -0.465 e. The Bertz CT molecular complexity index is 729. The van der Waals surface area contributed by atoms with Crippen LogP contribution in [0.1, 0.15) is 24.0 Å². The van der Waals surface area contributed by atoms with Gasteiger partial charge in [0.25, 0.3) is 5.91 Å². The molecule has 0 saturated carbocycles. The van der Waals surface area contributed by atoms with Gasteiger partial charge in [0.05, 0.1) is 18.2 Å². The van der Waals surface area contributed by atoms with Gasteiger partial charge in [0.15, 0.2) is 0 Å². The summed E-state index contributed by atoms with van der Waals surface area (Å²) >= 11 is 0. The fourth-order valence-corrected chi connectivity index (χ4v) is 3.11. The van der Waals surface area contributed by atoms with Crippen LogP contribution in [0.15, 0.2) is 24.3 Å². The first kappa shape index (κ1) is 15.8. The van der Waals surface area contributed by atoms with Crippen molar-refractivity contribution in [3.05, 3.63) is 35.4 Å². The Kier molecular flexibility index (Phi) is 3.85. The van der Waals surface area contributed by atoms with Crippen LogP contribution in [0.4, 0.5) is 9.59 Å². The van der Waals surface area contributed by atoms with Crippen molar-refractivity contribution in [2.45, 2.75) is 24.9 Å². The molecule has 0 radical (unpaired) electrons. The molecule has 0 atom stereocenters. The SMILES string of the molecule is N#Cc1ccc(CN2C(=O)NC3(CCN(C(=O)O)CC3)C2=O)cc1. The summed E-state index contributed by atoms with van der Waals surface area (Å²) in [7, 11) is 0. The zero-order valence-electron chi connectivity index (χ0n) is 12.9. The van der Waals surface area contributed by atoms with Gasteiger partial charge >= 0.3 is 12.1 Å². The Balaban J connectivity index is 1.72. The second kappa shape index (κ2) is 5.85. The number of nitrogens with one attached hydrogen (secondary N) is 1. The minimum absolute atomic E-state index is 0.126. The van der Waals surface area contributed by atoms with Crippen molar-refractivity contribution in [2.24, 2.45) is 0 Å². The van der Waals surface area contributed by atoms with Crippen molar-refractivity contribution < 1.29 is 19.5 Å². The van der Waals surface area contributed by atoms with Gasteiger partial charge in [0, 0.05) is 13.1 Å². The van der Waals surface area contributed by atoms with E-state index in [0.29, 0.717) is 5.56 Å². The maximum absolute atomic E-state index is 12.7. The summed E-state index contributed by atoms with van der Waals surface area (Å²) in [6.45, 7) is 0.554. The molecule has 8 heteroatoms. The van der Waals surface area contributed by atoms with E-state index in [9.17, 15) is 14.4 Å². The van der Waals surface area contributed by atoms with Gasteiger partial charge in [-0.1, -0.05) is 12.1 Å². The molecule has 8 nitrogen and oxygen atoms in total. The Morgan fingerprint density at radius 3 is 2.42 bits per heavy atom. The third-order valence-corrected chi connectivity index (χ3v) is 4.56. The maximum Gasteiger partial charge on any atom is 0.407 e. The standard InChI is InChI=1S/C16H16N4O4/c17-9-11-1-3-12(4-2-11)10-20-13(21)16(18-14(20)22)5-7-19(8-6-16)15(23)24/h1-4H,5-8,10H2,(H,18,22)(H,23,24). The third kappa shape index (κ3) is 2.65. The molecular weight excluding hydrogens is 312 g/mol. The van der Waals surface area contributed by atoms with E-state index in [0.717, 1.165) is 10.5 Å². The Morgan fingerprint density at radius 2 is 1.88 bits per heavy atom. The predicted octanol–water partition coefficient (Wildman–Crippen LogP) is 1.12. The molecule has 0 aliphatic carbocycles. The summed E-state index contributed by atoms with van der Waals surface area (Å²) in [5.41, 5.74) is 0.251. The largest absolute Gasteiger partial charge is 0.465 e. The van der Waals surface area contributed by atoms with Gasteiger partial charge in [0.1, 0.15) is 5.54 Å². The molecule has 2 fully saturated rings. The van der Waals surface area contributed by atoms with Gasteiger partial charge in [-0.2, -0.15) is 5.26 Å². The molecule has 0 aromatic heterocycles. The van der Waals surface area contributed by atoms with E-state index < -0.39 is 17.7 Å². The van der Waals surface area contributed by atoms with Crippen LogP contribution in [-0.2, 0) is 11.3 Å². The van der Waals surface area contributed by atoms with Crippen LogP contribution in [0.25, 0.3) is 0 Å². The topological polar surface area (TPSA) is 114 Å². The Hall–Kier alpha value is -3.08. The molecule has 2 saturated heterocycles. The highest BCUT2D eigenvalue weighted by Gasteiger charge is 2.52. The molecule has 2 aliphatic heterocycles. The Morgan fingerprint density at radius 1 is 1.25 bits per heavy atom. The average Bonchev–Trinajstić information content (AvgIpc) is 2.80. The van der Waals surface area contributed by atoms with E-state index in [1.165, 1.54) is 4.90 Å². The zero-order chi connectivity index (χ0) is 17.3. The summed E-state index contributed by atoms with van der Waals surface area (Å²) in [5, 5.41) is 20.5. The smallest absolute Gasteiger partial charge is 0.407 e. The van der Waals surface area contributed by atoms with Gasteiger partial charge in [0.2, 0.25) is 0 Å². The lowest BCUT2D eigenvalue weighted by Crippen LogP contribution is -2.55. The molecule has 2 aliphatic rings. The number of rotatable bonds is 2. The summed E-state index contributed by atoms with van der Waals surface area (Å²) in [4.78, 5) is 38.3. The number of nitrogens with zero attached hydrogens (tertiary/aromatic N) is 3. The number of carboxylic acid groups (broad SMARTS) is 1. The number of imide groups is 1. The first-order valence-corrected chi connectivity index (χ1v) is 7.56. The highest BCUT2D eigenvalue weighted by molar-refractivity contribution is 6.07. The van der Waals surface area contributed by atoms with Crippen LogP contribution in [-0.4, -0.2) is 51.6 Å². The van der Waals surface area contributed by atoms with E-state index in [1.807, 2.05) is 6.07 Å². The fraction of sp³-hybridized carbons (Fsp3) is 0.375. The van der Waals surface area contributed by atoms with Crippen LogP contribution in [0.5, 0.6) is 0 Å². The molecule has 1 spiro atoms. The van der Waals surface area contributed by atoms with Crippen molar-refractivity contribution in [2.75, 3.05) is 13.1 Å². The summed E-state index contributed by atoms with van der Waals surface area (Å²) < 4.78 is 0. The molecule has 1 aromatic rings. The number of benzene rings is 1. The van der Waals surface area contributed by atoms with Crippen molar-refractivity contribution in [1.29, 1.82) is 5.26 Å². The van der Waals surface area contributed by atoms with E-state index in [4.69, 9.17) is 10.4 Å². The predicted molar refractivity (Wildman–Crippen MR) is 81.8 cm³/mol. The second-order valence-corrected chi connectivity index (χ2v) is 5.98. The number of urea groups is 1. The first-order chi connectivity index (χ1) is 11.4. The average molecular weight is 328 g/mol. The molecule has 0 unspecified atom stereocenters. The number of nitriles is 1. The molecule has 4 amide bonds. The van der Waals surface area contributed by atoms with Crippen LogP contribution in [0.3, 0.4) is 0 Å². The molecule has 124 valence electrons. The minimum atomic E-state index is -1.02. The normalized spacial score (nSPS) is 19.3. The van der Waals surface area contributed by atoms with Gasteiger partial charge in [-0.15, -0.1) is 0 Å². The number of hydrogen-bond donors (Lipinski definition) is 2. The number of piperidine rings is 1. The van der Waals surface area contributed by atoms with Crippen molar-refractivity contribution >= 4 is 18.0 Å². The van der Waals surface area contributed by atoms with Crippen molar-refractivity contribution in [1.82, 2.24) is 15.1 Å². The van der Waals surface area contributed by atoms with Crippen LogP contribution < -0.4 is 5.32 Å². The molecular formula is C16H16N4O4. The summed E-state index contributed by atoms with van der Waals surface area (Å²) in [5.74, 6) is -0.318. The third-order valence-electron chi connectivity index (χ3n) is 4.56. The van der Waals surface area contributed by atoms with Gasteiger partial charge in [-0.05, 0) is 30.5 Å². The second-order valence-electron chi connectivity index (χ2n) is 5.98. The lowest BCUT2D eigenvalue weighted by molar-refractivity contribution is -0.133. The molecule has 2 heterocycles. The molecule has 3 rings (SSSR count). The van der Waals surface area contributed by atoms with Crippen LogP contribution in [0.2, 0.25) is 0 Å². The summed E-state index contributed by atoms with van der Waals surface area (Å²) in [6.07, 6.45) is -0.474. The van der Waals surface area contributed by atoms with Gasteiger partial charge in [-0.25, -0.2) is 9.59 Å². The van der Waals surface area contributed by atoms with E-state index >= 15 is 0 Å². The Labute approximate surface area is 138 Å². The van der Waals surface area contributed by atoms with Crippen molar-refractivity contribution in [3.8, 4) is 6.07 Å². The molecule has 24 heavy (non-hydrogen) atoms. The zero-order valence-corrected chi connectivity index (χ0v) is 12.9. The van der Waals surface area contributed by atoms with Gasteiger partial charge < -0.3 is 15.3 Å². The maximum atomic E-state index is 12.7. The lowest BCUT2D eigenvalue weighted by atomic mass is 9.87. The summed E-state index contributed by atoms with van der Waals surface area (Å²) in [6, 6.07) is 8.23. The quantitative estimate of drug-likeness (QED) is 0.790.